The van der Waals surface area contributed by atoms with Gasteiger partial charge in [0.05, 0.1) is 5.69 Å². The molecule has 0 unspecified atom stereocenters. The number of nitrogens with zero attached hydrogens (tertiary/aromatic N) is 5. The van der Waals surface area contributed by atoms with Crippen molar-refractivity contribution in [1.29, 1.82) is 5.41 Å². The molecule has 1 aromatic carbocycles. The van der Waals surface area contributed by atoms with Gasteiger partial charge in [0.2, 0.25) is 11.4 Å². The number of aryl methyl sites for hydroxylation is 2. The maximum atomic E-state index is 7.88. The molecule has 90 valence electrons. The smallest absolute Gasteiger partial charge is 0.241 e. The summed E-state index contributed by atoms with van der Waals surface area (Å²) in [5, 5.41) is 12.3. The molecule has 1 N–H and O–H groups in total. The maximum Gasteiger partial charge on any atom is 0.241 e. The number of aromatic nitrogens is 5. The van der Waals surface area contributed by atoms with Gasteiger partial charge in [0.15, 0.2) is 0 Å². The van der Waals surface area contributed by atoms with Gasteiger partial charge < -0.3 is 0 Å². The molecule has 0 aliphatic carbocycles. The van der Waals surface area contributed by atoms with Crippen molar-refractivity contribution >= 4 is 5.78 Å². The number of rotatable bonds is 1. The third-order valence-electron chi connectivity index (χ3n) is 2.70. The van der Waals surface area contributed by atoms with Crippen molar-refractivity contribution in [1.82, 2.24) is 24.1 Å². The fourth-order valence-corrected chi connectivity index (χ4v) is 1.93. The Hall–Kier alpha value is -2.50. The zero-order valence-corrected chi connectivity index (χ0v) is 10.1. The first-order valence-electron chi connectivity index (χ1n) is 5.60. The number of para-hydroxylation sites is 1. The largest absolute Gasteiger partial charge is 0.267 e. The molecule has 0 atom stereocenters. The Labute approximate surface area is 103 Å². The first kappa shape index (κ1) is 10.6. The summed E-state index contributed by atoms with van der Waals surface area (Å²) in [7, 11) is 0. The predicted octanol–water partition coefficient (Wildman–Crippen LogP) is 1.01. The Balaban J connectivity index is 2.42. The van der Waals surface area contributed by atoms with Crippen LogP contribution in [0.5, 0.6) is 0 Å². The van der Waals surface area contributed by atoms with Crippen LogP contribution in [-0.4, -0.2) is 24.1 Å². The van der Waals surface area contributed by atoms with Gasteiger partial charge in [-0.3, -0.25) is 5.41 Å². The number of benzene rings is 1. The van der Waals surface area contributed by atoms with Crippen LogP contribution < -0.4 is 5.62 Å². The van der Waals surface area contributed by atoms with Crippen molar-refractivity contribution in [2.75, 3.05) is 0 Å². The SMILES string of the molecule is Cc1nc(=N)n2c(C)nn(-c3ccccc3)c2n1. The molecule has 3 aromatic rings. The topological polar surface area (TPSA) is 71.9 Å². The van der Waals surface area contributed by atoms with Gasteiger partial charge in [-0.05, 0) is 26.0 Å². The van der Waals surface area contributed by atoms with E-state index in [1.165, 1.54) is 0 Å². The minimum atomic E-state index is 0.150. The Kier molecular flexibility index (Phi) is 2.22. The molecule has 6 heteroatoms. The second kappa shape index (κ2) is 3.76. The molecule has 18 heavy (non-hydrogen) atoms. The molecule has 0 amide bonds. The van der Waals surface area contributed by atoms with Crippen molar-refractivity contribution in [3.63, 3.8) is 0 Å². The number of nitrogens with one attached hydrogen (secondary N) is 1. The second-order valence-electron chi connectivity index (χ2n) is 4.02. The van der Waals surface area contributed by atoms with Crippen molar-refractivity contribution in [2.24, 2.45) is 0 Å². The van der Waals surface area contributed by atoms with Gasteiger partial charge >= 0.3 is 0 Å². The minimum absolute atomic E-state index is 0.150. The average molecular weight is 240 g/mol. The third kappa shape index (κ3) is 1.50. The van der Waals surface area contributed by atoms with Crippen LogP contribution in [0.25, 0.3) is 11.5 Å². The van der Waals surface area contributed by atoms with E-state index in [1.807, 2.05) is 37.3 Å². The van der Waals surface area contributed by atoms with Gasteiger partial charge in [0, 0.05) is 0 Å². The number of hydrogen-bond donors (Lipinski definition) is 1. The number of fused-ring (bicyclic) bond motifs is 1. The van der Waals surface area contributed by atoms with Gasteiger partial charge in [0.1, 0.15) is 11.6 Å². The zero-order chi connectivity index (χ0) is 12.7. The first-order chi connectivity index (χ1) is 8.66. The van der Waals surface area contributed by atoms with Crippen LogP contribution in [0.4, 0.5) is 0 Å². The molecular formula is C12H12N6. The van der Waals surface area contributed by atoms with Crippen LogP contribution >= 0.6 is 0 Å². The normalized spacial score (nSPS) is 11.0. The lowest BCUT2D eigenvalue weighted by Gasteiger charge is -2.01. The molecule has 0 spiro atoms. The van der Waals surface area contributed by atoms with Gasteiger partial charge in [-0.2, -0.15) is 19.7 Å². The van der Waals surface area contributed by atoms with E-state index in [1.54, 1.807) is 16.0 Å². The molecular weight excluding hydrogens is 228 g/mol. The highest BCUT2D eigenvalue weighted by atomic mass is 15.4. The van der Waals surface area contributed by atoms with E-state index in [0.717, 1.165) is 5.69 Å². The first-order valence-corrected chi connectivity index (χ1v) is 5.60. The summed E-state index contributed by atoms with van der Waals surface area (Å²) in [5.74, 6) is 1.87. The molecule has 6 nitrogen and oxygen atoms in total. The second-order valence-corrected chi connectivity index (χ2v) is 4.02. The van der Waals surface area contributed by atoms with Crippen LogP contribution in [0, 0.1) is 19.3 Å². The van der Waals surface area contributed by atoms with E-state index in [0.29, 0.717) is 17.4 Å². The highest BCUT2D eigenvalue weighted by molar-refractivity contribution is 5.41. The van der Waals surface area contributed by atoms with Crippen LogP contribution in [-0.2, 0) is 0 Å². The highest BCUT2D eigenvalue weighted by Crippen LogP contribution is 2.10. The van der Waals surface area contributed by atoms with Crippen molar-refractivity contribution in [2.45, 2.75) is 13.8 Å². The molecule has 0 fully saturated rings. The maximum absolute atomic E-state index is 7.88. The molecule has 0 aliphatic rings. The van der Waals surface area contributed by atoms with Crippen molar-refractivity contribution < 1.29 is 0 Å². The Morgan fingerprint density at radius 2 is 1.78 bits per heavy atom. The zero-order valence-electron chi connectivity index (χ0n) is 10.1. The summed E-state index contributed by atoms with van der Waals surface area (Å²) >= 11 is 0. The summed E-state index contributed by atoms with van der Waals surface area (Å²) in [6.07, 6.45) is 0. The van der Waals surface area contributed by atoms with Crippen LogP contribution in [0.15, 0.2) is 30.3 Å². The Morgan fingerprint density at radius 1 is 1.06 bits per heavy atom. The lowest BCUT2D eigenvalue weighted by molar-refractivity contribution is 0.822. The molecule has 2 heterocycles. The summed E-state index contributed by atoms with van der Waals surface area (Å²) in [6.45, 7) is 3.61. The van der Waals surface area contributed by atoms with E-state index >= 15 is 0 Å². The van der Waals surface area contributed by atoms with Gasteiger partial charge in [-0.1, -0.05) is 18.2 Å². The van der Waals surface area contributed by atoms with Crippen LogP contribution in [0.1, 0.15) is 11.6 Å². The molecule has 3 rings (SSSR count). The van der Waals surface area contributed by atoms with Crippen molar-refractivity contribution in [3.8, 4) is 5.69 Å². The van der Waals surface area contributed by atoms with Gasteiger partial charge in [0.25, 0.3) is 0 Å². The lowest BCUT2D eigenvalue weighted by atomic mass is 10.3. The minimum Gasteiger partial charge on any atom is -0.267 e. The van der Waals surface area contributed by atoms with E-state index in [9.17, 15) is 0 Å². The quantitative estimate of drug-likeness (QED) is 0.690. The van der Waals surface area contributed by atoms with Crippen LogP contribution in [0.3, 0.4) is 0 Å². The summed E-state index contributed by atoms with van der Waals surface area (Å²) < 4.78 is 3.35. The van der Waals surface area contributed by atoms with E-state index in [4.69, 9.17) is 5.41 Å². The van der Waals surface area contributed by atoms with E-state index in [-0.39, 0.29) is 5.62 Å². The fourth-order valence-electron chi connectivity index (χ4n) is 1.93. The summed E-state index contributed by atoms with van der Waals surface area (Å²) in [5.41, 5.74) is 1.07. The summed E-state index contributed by atoms with van der Waals surface area (Å²) in [4.78, 5) is 8.40. The standard InChI is InChI=1S/C12H12N6/c1-8-14-11(13)17-9(2)16-18(12(17)15-8)10-6-4-3-5-7-10/h3-7,13H,1-2H3. The third-order valence-corrected chi connectivity index (χ3v) is 2.70. The number of hydrogen-bond acceptors (Lipinski definition) is 4. The Bertz CT molecular complexity index is 768. The van der Waals surface area contributed by atoms with Gasteiger partial charge in [-0.15, -0.1) is 0 Å². The molecule has 0 radical (unpaired) electrons. The molecule has 0 bridgehead atoms. The molecule has 2 aromatic heterocycles. The molecule has 0 saturated carbocycles. The average Bonchev–Trinajstić information content (AvgIpc) is 2.67. The van der Waals surface area contributed by atoms with E-state index < -0.39 is 0 Å². The van der Waals surface area contributed by atoms with E-state index in [2.05, 4.69) is 15.1 Å². The van der Waals surface area contributed by atoms with Crippen LogP contribution in [0.2, 0.25) is 0 Å². The molecule has 0 saturated heterocycles. The Morgan fingerprint density at radius 3 is 2.50 bits per heavy atom. The lowest BCUT2D eigenvalue weighted by Crippen LogP contribution is -2.20. The summed E-state index contributed by atoms with van der Waals surface area (Å²) in [6, 6.07) is 9.74. The highest BCUT2D eigenvalue weighted by Gasteiger charge is 2.11. The molecule has 0 aliphatic heterocycles. The predicted molar refractivity (Wildman–Crippen MR) is 65.4 cm³/mol. The monoisotopic (exact) mass is 240 g/mol. The fraction of sp³-hybridized carbons (Fsp3) is 0.167. The van der Waals surface area contributed by atoms with Gasteiger partial charge in [-0.25, -0.2) is 4.40 Å². The van der Waals surface area contributed by atoms with Crippen molar-refractivity contribution in [3.05, 3.63) is 47.6 Å².